The van der Waals surface area contributed by atoms with Crippen molar-refractivity contribution in [3.05, 3.63) is 23.8 Å². The van der Waals surface area contributed by atoms with E-state index in [0.717, 1.165) is 18.4 Å². The van der Waals surface area contributed by atoms with Crippen LogP contribution in [0.3, 0.4) is 0 Å². The van der Waals surface area contributed by atoms with Gasteiger partial charge in [0.15, 0.2) is 11.6 Å². The number of carbonyl (C=O) groups is 3. The van der Waals surface area contributed by atoms with E-state index < -0.39 is 51.9 Å². The van der Waals surface area contributed by atoms with E-state index in [1.165, 1.54) is 26.0 Å². The average molecular weight is 545 g/mol. The van der Waals surface area contributed by atoms with E-state index in [2.05, 4.69) is 26.8 Å². The Bertz CT molecular complexity index is 1130. The van der Waals surface area contributed by atoms with Crippen LogP contribution in [0.4, 0.5) is 0 Å². The van der Waals surface area contributed by atoms with Crippen molar-refractivity contribution < 1.29 is 34.4 Å². The zero-order valence-corrected chi connectivity index (χ0v) is 25.1. The molecule has 0 amide bonds. The number of rotatable bonds is 5. The standard InChI is InChI=1S/C32H48O7/c1-18(33)39-27(2,3)13-12-24(36)32(9,38)25-22(35)17-31(8)23-11-10-19-20(16-21(34)26(37)28(19,4)5)29(23,6)14-15-30(25,31)7/h10,12-13,20-23,25,34-35,38H,11,14-17H2,1-9H3/b13-12-/t20-,21+,22-,23-,25+,29+,30-,31+,32+/m1/s1. The topological polar surface area (TPSA) is 121 Å². The highest BCUT2D eigenvalue weighted by molar-refractivity contribution is 5.97. The highest BCUT2D eigenvalue weighted by Gasteiger charge is 2.72. The number of ketones is 2. The largest absolute Gasteiger partial charge is 0.456 e. The van der Waals surface area contributed by atoms with Gasteiger partial charge < -0.3 is 20.1 Å². The van der Waals surface area contributed by atoms with Gasteiger partial charge in [-0.2, -0.15) is 0 Å². The van der Waals surface area contributed by atoms with Crippen LogP contribution in [-0.4, -0.2) is 56.3 Å². The van der Waals surface area contributed by atoms with Crippen LogP contribution < -0.4 is 0 Å². The van der Waals surface area contributed by atoms with Crippen LogP contribution in [0.25, 0.3) is 0 Å². The second-order valence-electron chi connectivity index (χ2n) is 14.9. The van der Waals surface area contributed by atoms with E-state index in [4.69, 9.17) is 4.74 Å². The van der Waals surface area contributed by atoms with Crippen molar-refractivity contribution in [2.75, 3.05) is 0 Å². The first-order valence-corrected chi connectivity index (χ1v) is 14.4. The summed E-state index contributed by atoms with van der Waals surface area (Å²) in [4.78, 5) is 37.8. The Labute approximate surface area is 233 Å². The van der Waals surface area contributed by atoms with Gasteiger partial charge in [-0.15, -0.1) is 0 Å². The molecular weight excluding hydrogens is 496 g/mol. The summed E-state index contributed by atoms with van der Waals surface area (Å²) in [7, 11) is 0. The van der Waals surface area contributed by atoms with Crippen molar-refractivity contribution in [1.29, 1.82) is 0 Å². The average Bonchev–Trinajstić information content (AvgIpc) is 3.01. The molecule has 0 heterocycles. The molecule has 3 saturated carbocycles. The number of fused-ring (bicyclic) bond motifs is 5. The molecule has 0 saturated heterocycles. The number of aliphatic hydroxyl groups is 3. The van der Waals surface area contributed by atoms with E-state index >= 15 is 0 Å². The minimum absolute atomic E-state index is 0.0603. The van der Waals surface area contributed by atoms with Gasteiger partial charge in [0, 0.05) is 18.3 Å². The number of hydrogen-bond donors (Lipinski definition) is 3. The highest BCUT2D eigenvalue weighted by atomic mass is 16.6. The molecule has 4 rings (SSSR count). The Balaban J connectivity index is 1.70. The summed E-state index contributed by atoms with van der Waals surface area (Å²) < 4.78 is 5.26. The smallest absolute Gasteiger partial charge is 0.303 e. The number of carbonyl (C=O) groups excluding carboxylic acids is 3. The lowest BCUT2D eigenvalue weighted by Gasteiger charge is -2.65. The van der Waals surface area contributed by atoms with E-state index in [1.807, 2.05) is 13.8 Å². The first-order chi connectivity index (χ1) is 17.6. The molecule has 9 atom stereocenters. The lowest BCUT2D eigenvalue weighted by atomic mass is 9.39. The van der Waals surface area contributed by atoms with Crippen LogP contribution in [0.15, 0.2) is 23.8 Å². The fourth-order valence-electron chi connectivity index (χ4n) is 9.64. The summed E-state index contributed by atoms with van der Waals surface area (Å²) in [6.45, 7) is 16.6. The van der Waals surface area contributed by atoms with Gasteiger partial charge in [0.05, 0.1) is 6.10 Å². The Morgan fingerprint density at radius 3 is 2.26 bits per heavy atom. The Morgan fingerprint density at radius 1 is 1.05 bits per heavy atom. The summed E-state index contributed by atoms with van der Waals surface area (Å²) in [5, 5.41) is 34.1. The Kier molecular flexibility index (Phi) is 7.02. The van der Waals surface area contributed by atoms with Gasteiger partial charge in [-0.3, -0.25) is 14.4 Å². The lowest BCUT2D eigenvalue weighted by molar-refractivity contribution is -0.176. The molecular formula is C32H48O7. The van der Waals surface area contributed by atoms with Crippen LogP contribution in [0.2, 0.25) is 0 Å². The molecule has 0 aromatic heterocycles. The highest BCUT2D eigenvalue weighted by Crippen LogP contribution is 2.75. The van der Waals surface area contributed by atoms with Crippen molar-refractivity contribution in [2.45, 2.75) is 118 Å². The summed E-state index contributed by atoms with van der Waals surface area (Å²) in [6, 6.07) is 0. The van der Waals surface area contributed by atoms with Crippen LogP contribution >= 0.6 is 0 Å². The first kappa shape index (κ1) is 30.1. The van der Waals surface area contributed by atoms with Gasteiger partial charge in [0.2, 0.25) is 0 Å². The predicted octanol–water partition coefficient (Wildman–Crippen LogP) is 4.32. The second kappa shape index (κ2) is 9.09. The van der Waals surface area contributed by atoms with E-state index in [-0.39, 0.29) is 28.4 Å². The van der Waals surface area contributed by atoms with Crippen LogP contribution in [-0.2, 0) is 19.1 Å². The zero-order valence-electron chi connectivity index (χ0n) is 25.1. The number of ether oxygens (including phenoxy) is 1. The van der Waals surface area contributed by atoms with Crippen molar-refractivity contribution >= 4 is 17.5 Å². The maximum absolute atomic E-state index is 13.5. The van der Waals surface area contributed by atoms with Crippen LogP contribution in [0, 0.1) is 39.4 Å². The van der Waals surface area contributed by atoms with E-state index in [1.54, 1.807) is 13.8 Å². The molecule has 0 spiro atoms. The minimum atomic E-state index is -1.83. The summed E-state index contributed by atoms with van der Waals surface area (Å²) in [6.07, 6.45) is 6.26. The Hall–Kier alpha value is -1.83. The Morgan fingerprint density at radius 2 is 1.67 bits per heavy atom. The predicted molar refractivity (Wildman–Crippen MR) is 147 cm³/mol. The van der Waals surface area contributed by atoms with Crippen molar-refractivity contribution in [3.63, 3.8) is 0 Å². The number of hydrogen-bond acceptors (Lipinski definition) is 7. The summed E-state index contributed by atoms with van der Waals surface area (Å²) in [5.41, 5.74) is -3.52. The van der Waals surface area contributed by atoms with Crippen LogP contribution in [0.1, 0.15) is 94.4 Å². The third-order valence-electron chi connectivity index (χ3n) is 11.7. The second-order valence-corrected chi connectivity index (χ2v) is 14.9. The first-order valence-electron chi connectivity index (χ1n) is 14.4. The monoisotopic (exact) mass is 544 g/mol. The molecule has 4 aliphatic carbocycles. The molecule has 7 heteroatoms. The molecule has 3 N–H and O–H groups in total. The number of aliphatic hydroxyl groups excluding tert-OH is 2. The van der Waals surface area contributed by atoms with Gasteiger partial charge in [-0.25, -0.2) is 0 Å². The maximum atomic E-state index is 13.5. The van der Waals surface area contributed by atoms with E-state index in [0.29, 0.717) is 19.3 Å². The van der Waals surface area contributed by atoms with Gasteiger partial charge in [0.25, 0.3) is 0 Å². The third kappa shape index (κ3) is 4.29. The molecule has 39 heavy (non-hydrogen) atoms. The summed E-state index contributed by atoms with van der Waals surface area (Å²) >= 11 is 0. The lowest BCUT2D eigenvalue weighted by Crippen LogP contribution is -2.62. The SMILES string of the molecule is CC(=O)OC(C)(C)/C=C\C(=O)[C@](C)(O)[C@H]1[C@H](O)C[C@@]2(C)[C@@H]3CC=C4[C@@H](C[C@H](O)C(=O)C4(C)C)[C@]3(C)CC[C@]12C. The van der Waals surface area contributed by atoms with Crippen molar-refractivity contribution in [2.24, 2.45) is 39.4 Å². The molecule has 0 radical (unpaired) electrons. The fourth-order valence-corrected chi connectivity index (χ4v) is 9.64. The molecule has 0 unspecified atom stereocenters. The molecule has 4 aliphatic rings. The molecule has 0 bridgehead atoms. The maximum Gasteiger partial charge on any atom is 0.303 e. The van der Waals surface area contributed by atoms with Crippen molar-refractivity contribution in [3.8, 4) is 0 Å². The molecule has 7 nitrogen and oxygen atoms in total. The quantitative estimate of drug-likeness (QED) is 0.268. The summed E-state index contributed by atoms with van der Waals surface area (Å²) in [5.74, 6) is -1.58. The number of Topliss-reactive ketones (excluding diaryl/α,β-unsaturated/α-hetero) is 1. The zero-order chi connectivity index (χ0) is 29.6. The molecule has 3 fully saturated rings. The van der Waals surface area contributed by atoms with Gasteiger partial charge in [-0.05, 0) is 107 Å². The van der Waals surface area contributed by atoms with Gasteiger partial charge >= 0.3 is 5.97 Å². The molecule has 218 valence electrons. The van der Waals surface area contributed by atoms with Crippen LogP contribution in [0.5, 0.6) is 0 Å². The number of allylic oxidation sites excluding steroid dienone is 2. The minimum Gasteiger partial charge on any atom is -0.456 e. The third-order valence-corrected chi connectivity index (χ3v) is 11.7. The molecule has 0 aliphatic heterocycles. The number of esters is 1. The van der Waals surface area contributed by atoms with E-state index in [9.17, 15) is 29.7 Å². The normalized spacial score (nSPS) is 43.1. The molecule has 0 aromatic carbocycles. The van der Waals surface area contributed by atoms with Crippen molar-refractivity contribution in [1.82, 2.24) is 0 Å². The van der Waals surface area contributed by atoms with Gasteiger partial charge in [-0.1, -0.05) is 32.4 Å². The van der Waals surface area contributed by atoms with Gasteiger partial charge in [0.1, 0.15) is 17.3 Å². The molecule has 0 aromatic rings. The fraction of sp³-hybridized carbons (Fsp3) is 0.781.